The minimum Gasteiger partial charge on any atom is -0.481 e. The maximum atomic E-state index is 13.4. The zero-order valence-corrected chi connectivity index (χ0v) is 38.1. The first-order chi connectivity index (χ1) is 26.4. The highest BCUT2D eigenvalue weighted by Crippen LogP contribution is 2.48. The number of benzene rings is 1. The molecule has 1 aromatic carbocycles. The van der Waals surface area contributed by atoms with Gasteiger partial charge in [-0.15, -0.1) is 24.0 Å². The summed E-state index contributed by atoms with van der Waals surface area (Å²) in [6.45, 7) is 4.56. The molecule has 54 heavy (non-hydrogen) atoms. The molecule has 1 aromatic heterocycles. The molecule has 310 valence electrons. The number of hydrogen-bond donors (Lipinski definition) is 2. The van der Waals surface area contributed by atoms with E-state index in [-0.39, 0.29) is 5.12 Å². The number of nitrogens with zero attached hydrogens (tertiary/aromatic N) is 1. The molecular formula is C47H80BrNO3S2. The van der Waals surface area contributed by atoms with Gasteiger partial charge in [-0.3, -0.25) is 9.59 Å². The lowest BCUT2D eigenvalue weighted by molar-refractivity contribution is -0.153. The molecule has 1 N–H and O–H groups in total. The van der Waals surface area contributed by atoms with Crippen molar-refractivity contribution in [3.05, 3.63) is 27.7 Å². The lowest BCUT2D eigenvalue weighted by atomic mass is 9.68. The molecule has 0 saturated heterocycles. The first-order valence-electron chi connectivity index (χ1n) is 22.9. The molecule has 0 aliphatic rings. The van der Waals surface area contributed by atoms with Gasteiger partial charge in [0.1, 0.15) is 5.01 Å². The first-order valence-corrected chi connectivity index (χ1v) is 24.9. The quantitative estimate of drug-likeness (QED) is 0.0522. The number of thiazole rings is 1. The second-order valence-electron chi connectivity index (χ2n) is 16.5. The van der Waals surface area contributed by atoms with Gasteiger partial charge in [-0.2, -0.15) is 0 Å². The maximum Gasteiger partial charge on any atom is 0.310 e. The fourth-order valence-electron chi connectivity index (χ4n) is 8.36. The summed E-state index contributed by atoms with van der Waals surface area (Å²) >= 11 is 9.44. The second kappa shape index (κ2) is 32.1. The van der Waals surface area contributed by atoms with Gasteiger partial charge in [-0.1, -0.05) is 225 Å². The van der Waals surface area contributed by atoms with Crippen LogP contribution in [0, 0.1) is 5.41 Å². The number of fused-ring (bicyclic) bond motifs is 1. The van der Waals surface area contributed by atoms with Crippen molar-refractivity contribution in [3.63, 3.8) is 0 Å². The minimum absolute atomic E-state index is 0.374. The lowest BCUT2D eigenvalue weighted by Crippen LogP contribution is -2.40. The third-order valence-corrected chi connectivity index (χ3v) is 14.2. The van der Waals surface area contributed by atoms with E-state index >= 15 is 0 Å². The molecule has 1 unspecified atom stereocenters. The first kappa shape index (κ1) is 49.2. The molecule has 2 aromatic rings. The Bertz CT molecular complexity index is 1200. The smallest absolute Gasteiger partial charge is 0.310 e. The van der Waals surface area contributed by atoms with E-state index in [1.54, 1.807) is 0 Å². The van der Waals surface area contributed by atoms with E-state index in [9.17, 15) is 14.7 Å². The van der Waals surface area contributed by atoms with Crippen LogP contribution in [0.2, 0.25) is 0 Å². The molecule has 0 aliphatic heterocycles. The van der Waals surface area contributed by atoms with Crippen molar-refractivity contribution in [2.45, 2.75) is 238 Å². The molecule has 7 heteroatoms. The van der Waals surface area contributed by atoms with Crippen molar-refractivity contribution in [3.8, 4) is 0 Å². The largest absolute Gasteiger partial charge is 0.481 e. The monoisotopic (exact) mass is 849 g/mol. The van der Waals surface area contributed by atoms with Gasteiger partial charge in [0.25, 0.3) is 0 Å². The normalized spacial score (nSPS) is 12.5. The fraction of sp³-hybridized carbons (Fsp3) is 0.809. The Labute approximate surface area is 350 Å². The van der Waals surface area contributed by atoms with Crippen LogP contribution >= 0.6 is 39.9 Å². The van der Waals surface area contributed by atoms with E-state index in [0.717, 1.165) is 53.2 Å². The molecule has 1 atom stereocenters. The summed E-state index contributed by atoms with van der Waals surface area (Å²) in [6, 6.07) is 5.85. The fourth-order valence-corrected chi connectivity index (χ4v) is 10.6. The van der Waals surface area contributed by atoms with Gasteiger partial charge in [0.2, 0.25) is 0 Å². The molecule has 0 spiro atoms. The van der Waals surface area contributed by atoms with Crippen molar-refractivity contribution < 1.29 is 14.7 Å². The highest BCUT2D eigenvalue weighted by molar-refractivity contribution is 9.10. The summed E-state index contributed by atoms with van der Waals surface area (Å²) in [5, 5.41) is 11.2. The maximum absolute atomic E-state index is 13.4. The molecule has 0 aliphatic carbocycles. The van der Waals surface area contributed by atoms with E-state index in [1.807, 2.05) is 18.2 Å². The van der Waals surface area contributed by atoms with Gasteiger partial charge in [-0.25, -0.2) is 4.98 Å². The van der Waals surface area contributed by atoms with Crippen LogP contribution in [0.25, 0.3) is 10.2 Å². The van der Waals surface area contributed by atoms with E-state index in [0.29, 0.717) is 17.8 Å². The number of rotatable bonds is 38. The van der Waals surface area contributed by atoms with Crippen molar-refractivity contribution in [1.29, 1.82) is 0 Å². The lowest BCUT2D eigenvalue weighted by Gasteiger charge is -2.35. The Morgan fingerprint density at radius 3 is 1.24 bits per heavy atom. The Hall–Kier alpha value is -0.920. The number of halogens is 1. The van der Waals surface area contributed by atoms with E-state index in [4.69, 9.17) is 4.98 Å². The van der Waals surface area contributed by atoms with Crippen molar-refractivity contribution in [2.75, 3.05) is 0 Å². The van der Waals surface area contributed by atoms with E-state index in [1.165, 1.54) is 178 Å². The van der Waals surface area contributed by atoms with Crippen LogP contribution in [0.15, 0.2) is 22.7 Å². The number of carbonyl (C=O) groups excluding carboxylic acids is 1. The third-order valence-electron chi connectivity index (χ3n) is 11.8. The molecule has 0 bridgehead atoms. The van der Waals surface area contributed by atoms with Crippen LogP contribution in [0.5, 0.6) is 0 Å². The summed E-state index contributed by atoms with van der Waals surface area (Å²) in [4.78, 5) is 31.6. The summed E-state index contributed by atoms with van der Waals surface area (Å²) in [5.74, 6) is -1.72. The molecule has 0 saturated carbocycles. The Kier molecular flexibility index (Phi) is 29.2. The average molecular weight is 851 g/mol. The van der Waals surface area contributed by atoms with Crippen molar-refractivity contribution in [2.24, 2.45) is 5.41 Å². The van der Waals surface area contributed by atoms with Crippen molar-refractivity contribution >= 4 is 61.2 Å². The predicted octanol–water partition coefficient (Wildman–Crippen LogP) is 17.0. The second-order valence-corrected chi connectivity index (χ2v) is 18.8. The van der Waals surface area contributed by atoms with Gasteiger partial charge in [0.15, 0.2) is 5.12 Å². The molecule has 0 amide bonds. The number of unbranched alkanes of at least 4 members (excludes halogenated alkanes) is 30. The standard InChI is InChI=1S/C47H80BrNO3S2/c1-3-5-7-9-11-13-15-17-19-21-23-25-27-29-31-33-38-47(46(51)52,42(45(50)53)44-49-41-37-35-36-40(48)43(41)54-44)39-34-32-30-28-26-24-22-20-18-16-14-12-10-8-6-4-2/h35-37,42H,3-34,38-39H2,1-2H3,(H,50,53)(H,51,52). The average Bonchev–Trinajstić information content (AvgIpc) is 3.58. The Morgan fingerprint density at radius 1 is 0.611 bits per heavy atom. The SMILES string of the molecule is CCCCCCCCCCCCCCCCCCC(CCCCCCCCCCCCCCCCCC)(C(=O)O)C(C(=O)S)c1nc2cccc(Br)c2s1. The topological polar surface area (TPSA) is 67.3 Å². The zero-order valence-electron chi connectivity index (χ0n) is 34.8. The molecule has 0 radical (unpaired) electrons. The number of carboxylic acid groups (broad SMARTS) is 1. The molecule has 0 fully saturated rings. The van der Waals surface area contributed by atoms with Crippen molar-refractivity contribution in [1.82, 2.24) is 4.98 Å². The Balaban J connectivity index is 1.82. The van der Waals surface area contributed by atoms with Gasteiger partial charge < -0.3 is 5.11 Å². The zero-order chi connectivity index (χ0) is 39.1. The minimum atomic E-state index is -1.19. The molecule has 2 rings (SSSR count). The van der Waals surface area contributed by atoms with E-state index < -0.39 is 17.3 Å². The third kappa shape index (κ3) is 20.5. The van der Waals surface area contributed by atoms with Crippen LogP contribution < -0.4 is 0 Å². The van der Waals surface area contributed by atoms with Gasteiger partial charge >= 0.3 is 5.97 Å². The van der Waals surface area contributed by atoms with Gasteiger partial charge in [-0.05, 0) is 40.9 Å². The number of carboxylic acids is 1. The summed E-state index contributed by atoms with van der Waals surface area (Å²) < 4.78 is 1.88. The highest BCUT2D eigenvalue weighted by Gasteiger charge is 2.49. The molecule has 1 heterocycles. The van der Waals surface area contributed by atoms with Gasteiger partial charge in [0, 0.05) is 4.47 Å². The summed E-state index contributed by atoms with van der Waals surface area (Å²) in [5.41, 5.74) is -0.390. The van der Waals surface area contributed by atoms with Crippen LogP contribution in [0.3, 0.4) is 0 Å². The number of aliphatic carboxylic acids is 1. The van der Waals surface area contributed by atoms with Gasteiger partial charge in [0.05, 0.1) is 21.5 Å². The Morgan fingerprint density at radius 2 is 0.944 bits per heavy atom. The number of hydrogen-bond acceptors (Lipinski definition) is 4. The highest BCUT2D eigenvalue weighted by atomic mass is 79.9. The summed E-state index contributed by atoms with van der Waals surface area (Å²) in [6.07, 6.45) is 42.0. The van der Waals surface area contributed by atoms with Crippen LogP contribution in [-0.4, -0.2) is 21.2 Å². The molecule has 4 nitrogen and oxygen atoms in total. The number of thiol groups is 1. The van der Waals surface area contributed by atoms with Crippen LogP contribution in [0.1, 0.15) is 243 Å². The number of carbonyl (C=O) groups is 2. The molecular weight excluding hydrogens is 771 g/mol. The van der Waals surface area contributed by atoms with Crippen LogP contribution in [0.4, 0.5) is 0 Å². The predicted molar refractivity (Wildman–Crippen MR) is 242 cm³/mol. The van der Waals surface area contributed by atoms with E-state index in [2.05, 4.69) is 42.4 Å². The van der Waals surface area contributed by atoms with Crippen LogP contribution in [-0.2, 0) is 9.59 Å². The number of aromatic nitrogens is 1. The summed E-state index contributed by atoms with van der Waals surface area (Å²) in [7, 11) is 0.